The monoisotopic (exact) mass is 307 g/mol. The second-order valence-corrected chi connectivity index (χ2v) is 3.98. The minimum atomic E-state index is -1.21. The number of hydrogen-bond donors (Lipinski definition) is 1. The average molecular weight is 308 g/mol. The van der Waals surface area contributed by atoms with Crippen molar-refractivity contribution in [2.45, 2.75) is 13.0 Å². The van der Waals surface area contributed by atoms with E-state index in [2.05, 4.69) is 10.1 Å². The molecule has 0 aliphatic rings. The predicted molar refractivity (Wildman–Crippen MR) is 66.7 cm³/mol. The third kappa shape index (κ3) is 5.00. The minimum absolute atomic E-state index is 0.114. The first-order valence-electron chi connectivity index (χ1n) is 5.64. The van der Waals surface area contributed by atoms with Gasteiger partial charge in [-0.3, -0.25) is 4.79 Å². The van der Waals surface area contributed by atoms with Gasteiger partial charge in [0.15, 0.2) is 11.6 Å². The maximum atomic E-state index is 13.3. The molecule has 1 N–H and O–H groups in total. The zero-order valence-electron chi connectivity index (χ0n) is 10.5. The highest BCUT2D eigenvalue weighted by atomic mass is 35.5. The molecule has 0 bridgehead atoms. The molecule has 110 valence electrons. The third-order valence-corrected chi connectivity index (χ3v) is 2.40. The SMILES string of the molecule is CCOC(=O)N[C@@H](COc1ccc(F)cc1F)C(=O)Cl. The molecule has 0 spiro atoms. The molecule has 5 nitrogen and oxygen atoms in total. The van der Waals surface area contributed by atoms with E-state index in [4.69, 9.17) is 16.3 Å². The van der Waals surface area contributed by atoms with Gasteiger partial charge in [0.2, 0.25) is 5.24 Å². The van der Waals surface area contributed by atoms with Crippen molar-refractivity contribution in [3.63, 3.8) is 0 Å². The van der Waals surface area contributed by atoms with Crippen molar-refractivity contribution in [3.05, 3.63) is 29.8 Å². The van der Waals surface area contributed by atoms with E-state index in [1.807, 2.05) is 0 Å². The first-order valence-corrected chi connectivity index (χ1v) is 6.02. The number of nitrogens with one attached hydrogen (secondary N) is 1. The van der Waals surface area contributed by atoms with Crippen molar-refractivity contribution >= 4 is 22.9 Å². The molecular weight excluding hydrogens is 296 g/mol. The lowest BCUT2D eigenvalue weighted by atomic mass is 10.3. The predicted octanol–water partition coefficient (Wildman–Crippen LogP) is 2.22. The van der Waals surface area contributed by atoms with Crippen LogP contribution in [0.3, 0.4) is 0 Å². The first kappa shape index (κ1) is 16.2. The van der Waals surface area contributed by atoms with Gasteiger partial charge in [0.25, 0.3) is 0 Å². The van der Waals surface area contributed by atoms with E-state index in [-0.39, 0.29) is 12.4 Å². The fourth-order valence-electron chi connectivity index (χ4n) is 1.24. The zero-order valence-corrected chi connectivity index (χ0v) is 11.2. The molecule has 0 aliphatic carbocycles. The summed E-state index contributed by atoms with van der Waals surface area (Å²) in [5.74, 6) is -1.95. The van der Waals surface area contributed by atoms with Crippen LogP contribution in [0, 0.1) is 11.6 Å². The molecule has 8 heteroatoms. The quantitative estimate of drug-likeness (QED) is 0.819. The van der Waals surface area contributed by atoms with E-state index in [1.165, 1.54) is 0 Å². The summed E-state index contributed by atoms with van der Waals surface area (Å²) in [5, 5.41) is 1.25. The Hall–Kier alpha value is -1.89. The molecule has 0 fully saturated rings. The summed E-state index contributed by atoms with van der Waals surface area (Å²) in [6.45, 7) is 1.29. The van der Waals surface area contributed by atoms with Gasteiger partial charge in [0.1, 0.15) is 18.5 Å². The Bertz CT molecular complexity index is 498. The molecule has 0 unspecified atom stereocenters. The minimum Gasteiger partial charge on any atom is -0.488 e. The van der Waals surface area contributed by atoms with Crippen LogP contribution in [0.25, 0.3) is 0 Å². The van der Waals surface area contributed by atoms with Crippen LogP contribution in [0.4, 0.5) is 13.6 Å². The number of halogens is 3. The lowest BCUT2D eigenvalue weighted by Gasteiger charge is -2.15. The van der Waals surface area contributed by atoms with Crippen molar-refractivity contribution < 1.29 is 27.8 Å². The summed E-state index contributed by atoms with van der Waals surface area (Å²) in [7, 11) is 0. The van der Waals surface area contributed by atoms with Crippen LogP contribution in [-0.2, 0) is 9.53 Å². The molecule has 20 heavy (non-hydrogen) atoms. The van der Waals surface area contributed by atoms with Crippen LogP contribution < -0.4 is 10.1 Å². The molecule has 1 aromatic carbocycles. The fraction of sp³-hybridized carbons (Fsp3) is 0.333. The molecule has 1 atom stereocenters. The van der Waals surface area contributed by atoms with Gasteiger partial charge in [-0.2, -0.15) is 0 Å². The van der Waals surface area contributed by atoms with Crippen LogP contribution in [0.2, 0.25) is 0 Å². The van der Waals surface area contributed by atoms with Gasteiger partial charge in [0, 0.05) is 6.07 Å². The van der Waals surface area contributed by atoms with E-state index in [9.17, 15) is 18.4 Å². The Morgan fingerprint density at radius 1 is 1.40 bits per heavy atom. The van der Waals surface area contributed by atoms with Crippen molar-refractivity contribution in [1.82, 2.24) is 5.32 Å². The summed E-state index contributed by atoms with van der Waals surface area (Å²) < 4.78 is 35.5. The lowest BCUT2D eigenvalue weighted by Crippen LogP contribution is -2.43. The molecule has 0 aliphatic heterocycles. The molecule has 0 heterocycles. The van der Waals surface area contributed by atoms with Gasteiger partial charge in [-0.05, 0) is 30.7 Å². The van der Waals surface area contributed by atoms with Crippen LogP contribution >= 0.6 is 11.6 Å². The van der Waals surface area contributed by atoms with E-state index in [0.29, 0.717) is 6.07 Å². The van der Waals surface area contributed by atoms with E-state index < -0.39 is 35.6 Å². The van der Waals surface area contributed by atoms with Crippen LogP contribution in [0.15, 0.2) is 18.2 Å². The number of rotatable bonds is 6. The van der Waals surface area contributed by atoms with Crippen LogP contribution in [0.5, 0.6) is 5.75 Å². The van der Waals surface area contributed by atoms with Crippen LogP contribution in [0.1, 0.15) is 6.92 Å². The maximum absolute atomic E-state index is 13.3. The number of amides is 1. The van der Waals surface area contributed by atoms with Gasteiger partial charge in [0.05, 0.1) is 6.61 Å². The standard InChI is InChI=1S/C12H12ClF2NO4/c1-2-19-12(18)16-9(11(13)17)6-20-10-4-3-7(14)5-8(10)15/h3-5,9H,2,6H2,1H3,(H,16,18)/t9-/m0/s1. The van der Waals surface area contributed by atoms with Crippen molar-refractivity contribution in [2.24, 2.45) is 0 Å². The number of ether oxygens (including phenoxy) is 2. The van der Waals surface area contributed by atoms with E-state index in [1.54, 1.807) is 6.92 Å². The molecule has 0 radical (unpaired) electrons. The van der Waals surface area contributed by atoms with Gasteiger partial charge in [-0.15, -0.1) is 0 Å². The number of benzene rings is 1. The lowest BCUT2D eigenvalue weighted by molar-refractivity contribution is -0.114. The Morgan fingerprint density at radius 2 is 2.10 bits per heavy atom. The fourth-order valence-corrected chi connectivity index (χ4v) is 1.36. The summed E-state index contributed by atoms with van der Waals surface area (Å²) in [5.41, 5.74) is 0. The van der Waals surface area contributed by atoms with Crippen molar-refractivity contribution in [1.29, 1.82) is 0 Å². The second kappa shape index (κ2) is 7.64. The van der Waals surface area contributed by atoms with Gasteiger partial charge >= 0.3 is 6.09 Å². The number of carbonyl (C=O) groups is 2. The van der Waals surface area contributed by atoms with Gasteiger partial charge < -0.3 is 14.8 Å². The van der Waals surface area contributed by atoms with E-state index in [0.717, 1.165) is 12.1 Å². The van der Waals surface area contributed by atoms with Crippen molar-refractivity contribution in [2.75, 3.05) is 13.2 Å². The van der Waals surface area contributed by atoms with Crippen molar-refractivity contribution in [3.8, 4) is 5.75 Å². The summed E-state index contributed by atoms with van der Waals surface area (Å²) in [6.07, 6.45) is -0.852. The molecule has 0 saturated heterocycles. The smallest absolute Gasteiger partial charge is 0.407 e. The largest absolute Gasteiger partial charge is 0.488 e. The Labute approximate surface area is 118 Å². The number of hydrogen-bond acceptors (Lipinski definition) is 4. The molecule has 0 saturated carbocycles. The maximum Gasteiger partial charge on any atom is 0.407 e. The molecular formula is C12H12ClF2NO4. The first-order chi connectivity index (χ1) is 9.43. The molecule has 0 aromatic heterocycles. The summed E-state index contributed by atoms with van der Waals surface area (Å²) in [4.78, 5) is 22.3. The van der Waals surface area contributed by atoms with Gasteiger partial charge in [-0.1, -0.05) is 0 Å². The summed E-state index contributed by atoms with van der Waals surface area (Å²) >= 11 is 5.28. The molecule has 1 amide bonds. The Kier molecular flexibility index (Phi) is 6.17. The summed E-state index contributed by atoms with van der Waals surface area (Å²) in [6, 6.07) is 1.48. The van der Waals surface area contributed by atoms with Gasteiger partial charge in [-0.25, -0.2) is 13.6 Å². The third-order valence-electron chi connectivity index (χ3n) is 2.14. The second-order valence-electron chi connectivity index (χ2n) is 3.61. The zero-order chi connectivity index (χ0) is 15.1. The Morgan fingerprint density at radius 3 is 2.65 bits per heavy atom. The highest BCUT2D eigenvalue weighted by Crippen LogP contribution is 2.17. The van der Waals surface area contributed by atoms with E-state index >= 15 is 0 Å². The molecule has 1 aromatic rings. The normalized spacial score (nSPS) is 11.6. The molecule has 1 rings (SSSR count). The average Bonchev–Trinajstić information content (AvgIpc) is 2.36. The topological polar surface area (TPSA) is 64.6 Å². The number of alkyl carbamates (subject to hydrolysis) is 1. The van der Waals surface area contributed by atoms with Crippen LogP contribution in [-0.4, -0.2) is 30.6 Å². The highest BCUT2D eigenvalue weighted by molar-refractivity contribution is 6.64. The highest BCUT2D eigenvalue weighted by Gasteiger charge is 2.21. The number of carbonyl (C=O) groups excluding carboxylic acids is 2. The Balaban J connectivity index is 2.62.